The molecule has 0 amide bonds. The topological polar surface area (TPSA) is 106 Å². The Kier molecular flexibility index (Phi) is 6.21. The van der Waals surface area contributed by atoms with E-state index < -0.39 is 20.0 Å². The Labute approximate surface area is 177 Å². The standard InChI is InChI=1S/C20H25N3O5S2/c24-29(25,22-14-18-5-3-13-28-18)19-8-10-20(11-9-19)30(26,27)23(17-6-7-17)15-16-4-1-2-12-21-16/h1-2,4,8-12,17-18,22H,3,5-7,13-15H2/t18-/m1/s1. The third kappa shape index (κ3) is 4.89. The number of benzene rings is 1. The van der Waals surface area contributed by atoms with Crippen LogP contribution < -0.4 is 4.72 Å². The Morgan fingerprint density at radius 1 is 1.00 bits per heavy atom. The van der Waals surface area contributed by atoms with Crippen molar-refractivity contribution in [3.8, 4) is 0 Å². The van der Waals surface area contributed by atoms with E-state index in [-0.39, 0.29) is 35.0 Å². The zero-order chi connectivity index (χ0) is 21.2. The second-order valence-corrected chi connectivity index (χ2v) is 11.2. The quantitative estimate of drug-likeness (QED) is 0.624. The van der Waals surface area contributed by atoms with Crippen LogP contribution in [0.4, 0.5) is 0 Å². The van der Waals surface area contributed by atoms with Gasteiger partial charge < -0.3 is 4.74 Å². The average Bonchev–Trinajstić information content (AvgIpc) is 3.45. The SMILES string of the molecule is O=S(=O)(NC[C@H]1CCCO1)c1ccc(S(=O)(=O)N(Cc2ccccn2)C2CC2)cc1. The maximum absolute atomic E-state index is 13.2. The summed E-state index contributed by atoms with van der Waals surface area (Å²) < 4.78 is 60.8. The fourth-order valence-corrected chi connectivity index (χ4v) is 6.16. The first-order valence-electron chi connectivity index (χ1n) is 9.99. The molecule has 10 heteroatoms. The van der Waals surface area contributed by atoms with Gasteiger partial charge in [0.05, 0.1) is 28.1 Å². The van der Waals surface area contributed by atoms with Gasteiger partial charge in [0.1, 0.15) is 0 Å². The lowest BCUT2D eigenvalue weighted by atomic mass is 10.2. The Balaban J connectivity index is 1.50. The van der Waals surface area contributed by atoms with Crippen molar-refractivity contribution >= 4 is 20.0 Å². The Hall–Kier alpha value is -1.85. The molecule has 0 radical (unpaired) electrons. The molecule has 1 aromatic carbocycles. The Morgan fingerprint density at radius 3 is 2.33 bits per heavy atom. The molecule has 8 nitrogen and oxygen atoms in total. The van der Waals surface area contributed by atoms with E-state index in [9.17, 15) is 16.8 Å². The van der Waals surface area contributed by atoms with E-state index in [1.807, 2.05) is 6.07 Å². The van der Waals surface area contributed by atoms with Crippen molar-refractivity contribution in [3.63, 3.8) is 0 Å². The van der Waals surface area contributed by atoms with Gasteiger partial charge in [0, 0.05) is 25.4 Å². The van der Waals surface area contributed by atoms with Gasteiger partial charge in [0.2, 0.25) is 20.0 Å². The van der Waals surface area contributed by atoms with E-state index in [2.05, 4.69) is 9.71 Å². The number of hydrogen-bond acceptors (Lipinski definition) is 6. The molecule has 1 N–H and O–H groups in total. The maximum atomic E-state index is 13.2. The van der Waals surface area contributed by atoms with E-state index in [4.69, 9.17) is 4.74 Å². The van der Waals surface area contributed by atoms with Gasteiger partial charge in [-0.3, -0.25) is 4.98 Å². The van der Waals surface area contributed by atoms with Crippen LogP contribution in [0.3, 0.4) is 0 Å². The molecular formula is C20H25N3O5S2. The smallest absolute Gasteiger partial charge is 0.243 e. The molecule has 2 aromatic rings. The van der Waals surface area contributed by atoms with Gasteiger partial charge in [-0.15, -0.1) is 0 Å². The number of rotatable bonds is 9. The number of pyridine rings is 1. The van der Waals surface area contributed by atoms with Gasteiger partial charge in [0.15, 0.2) is 0 Å². The molecule has 162 valence electrons. The summed E-state index contributed by atoms with van der Waals surface area (Å²) in [6.07, 6.45) is 4.90. The minimum Gasteiger partial charge on any atom is -0.377 e. The normalized spacial score (nSPS) is 20.0. The summed E-state index contributed by atoms with van der Waals surface area (Å²) in [4.78, 5) is 4.33. The molecule has 1 saturated heterocycles. The van der Waals surface area contributed by atoms with Crippen molar-refractivity contribution in [1.29, 1.82) is 0 Å². The van der Waals surface area contributed by atoms with Gasteiger partial charge in [-0.1, -0.05) is 6.07 Å². The summed E-state index contributed by atoms with van der Waals surface area (Å²) in [5, 5.41) is 0. The summed E-state index contributed by atoms with van der Waals surface area (Å²) in [5.41, 5.74) is 0.672. The zero-order valence-electron chi connectivity index (χ0n) is 16.5. The molecule has 1 aliphatic carbocycles. The maximum Gasteiger partial charge on any atom is 0.243 e. The van der Waals surface area contributed by atoms with Gasteiger partial charge >= 0.3 is 0 Å². The minimum absolute atomic E-state index is 0.0298. The average molecular weight is 452 g/mol. The van der Waals surface area contributed by atoms with Crippen LogP contribution >= 0.6 is 0 Å². The lowest BCUT2D eigenvalue weighted by molar-refractivity contribution is 0.114. The van der Waals surface area contributed by atoms with Crippen LogP contribution in [-0.4, -0.2) is 51.4 Å². The first-order chi connectivity index (χ1) is 14.4. The highest BCUT2D eigenvalue weighted by Gasteiger charge is 2.38. The van der Waals surface area contributed by atoms with E-state index in [0.29, 0.717) is 12.3 Å². The molecule has 0 unspecified atom stereocenters. The number of ether oxygens (including phenoxy) is 1. The van der Waals surface area contributed by atoms with Gasteiger partial charge in [-0.05, 0) is 62.1 Å². The fraction of sp³-hybridized carbons (Fsp3) is 0.450. The van der Waals surface area contributed by atoms with E-state index >= 15 is 0 Å². The van der Waals surface area contributed by atoms with Crippen LogP contribution in [0, 0.1) is 0 Å². The summed E-state index contributed by atoms with van der Waals surface area (Å²) >= 11 is 0. The molecule has 4 rings (SSSR count). The molecule has 2 aliphatic rings. The molecule has 1 aromatic heterocycles. The lowest BCUT2D eigenvalue weighted by Gasteiger charge is -2.21. The largest absolute Gasteiger partial charge is 0.377 e. The number of nitrogens with one attached hydrogen (secondary N) is 1. The highest BCUT2D eigenvalue weighted by atomic mass is 32.2. The predicted octanol–water partition coefficient (Wildman–Crippen LogP) is 1.89. The molecule has 2 heterocycles. The van der Waals surface area contributed by atoms with Crippen LogP contribution in [0.5, 0.6) is 0 Å². The molecule has 1 saturated carbocycles. The molecule has 0 bridgehead atoms. The van der Waals surface area contributed by atoms with Crippen LogP contribution in [0.25, 0.3) is 0 Å². The van der Waals surface area contributed by atoms with Crippen molar-refractivity contribution in [1.82, 2.24) is 14.0 Å². The molecule has 0 spiro atoms. The third-order valence-electron chi connectivity index (χ3n) is 5.26. The van der Waals surface area contributed by atoms with Crippen molar-refractivity contribution in [3.05, 3.63) is 54.4 Å². The molecule has 30 heavy (non-hydrogen) atoms. The first kappa shape index (κ1) is 21.4. The Morgan fingerprint density at radius 2 is 1.73 bits per heavy atom. The van der Waals surface area contributed by atoms with Crippen LogP contribution in [0.2, 0.25) is 0 Å². The van der Waals surface area contributed by atoms with Gasteiger partial charge in [-0.2, -0.15) is 4.31 Å². The number of sulfonamides is 2. The number of hydrogen-bond donors (Lipinski definition) is 1. The summed E-state index contributed by atoms with van der Waals surface area (Å²) in [6.45, 7) is 1.05. The molecule has 2 fully saturated rings. The van der Waals surface area contributed by atoms with E-state index in [1.54, 1.807) is 18.3 Å². The van der Waals surface area contributed by atoms with Crippen molar-refractivity contribution < 1.29 is 21.6 Å². The van der Waals surface area contributed by atoms with Crippen LogP contribution in [-0.2, 0) is 31.3 Å². The van der Waals surface area contributed by atoms with Crippen molar-refractivity contribution in [2.45, 2.75) is 54.2 Å². The monoisotopic (exact) mass is 451 g/mol. The first-order valence-corrected chi connectivity index (χ1v) is 12.9. The molecule has 1 aliphatic heterocycles. The second-order valence-electron chi connectivity index (χ2n) is 7.56. The zero-order valence-corrected chi connectivity index (χ0v) is 18.1. The van der Waals surface area contributed by atoms with Gasteiger partial charge in [0.25, 0.3) is 0 Å². The fourth-order valence-electron chi connectivity index (χ4n) is 3.44. The number of nitrogens with zero attached hydrogens (tertiary/aromatic N) is 2. The molecule has 1 atom stereocenters. The van der Waals surface area contributed by atoms with E-state index in [0.717, 1.165) is 25.7 Å². The summed E-state index contributed by atoms with van der Waals surface area (Å²) in [5.74, 6) is 0. The van der Waals surface area contributed by atoms with Crippen molar-refractivity contribution in [2.24, 2.45) is 0 Å². The lowest BCUT2D eigenvalue weighted by Crippen LogP contribution is -2.33. The van der Waals surface area contributed by atoms with Gasteiger partial charge in [-0.25, -0.2) is 21.6 Å². The summed E-state index contributed by atoms with van der Waals surface area (Å²) in [7, 11) is -7.50. The minimum atomic E-state index is -3.77. The Bertz CT molecular complexity index is 1060. The van der Waals surface area contributed by atoms with Crippen molar-refractivity contribution in [2.75, 3.05) is 13.2 Å². The highest BCUT2D eigenvalue weighted by Crippen LogP contribution is 2.33. The highest BCUT2D eigenvalue weighted by molar-refractivity contribution is 7.89. The van der Waals surface area contributed by atoms with Crippen LogP contribution in [0.15, 0.2) is 58.5 Å². The van der Waals surface area contributed by atoms with Crippen LogP contribution in [0.1, 0.15) is 31.4 Å². The van der Waals surface area contributed by atoms with E-state index in [1.165, 1.54) is 28.6 Å². The third-order valence-corrected chi connectivity index (χ3v) is 8.62. The molecular weight excluding hydrogens is 426 g/mol. The second kappa shape index (κ2) is 8.72. The number of aromatic nitrogens is 1. The predicted molar refractivity (Wildman–Crippen MR) is 111 cm³/mol. The summed E-state index contributed by atoms with van der Waals surface area (Å²) in [6, 6.07) is 10.7.